The van der Waals surface area contributed by atoms with Crippen molar-refractivity contribution in [3.05, 3.63) is 0 Å². The van der Waals surface area contributed by atoms with E-state index in [9.17, 15) is 4.79 Å². The molecule has 0 atom stereocenters. The molecule has 3 heteroatoms. The molecule has 0 saturated heterocycles. The minimum atomic E-state index is 0.216. The van der Waals surface area contributed by atoms with Crippen LogP contribution in [-0.4, -0.2) is 17.8 Å². The van der Waals surface area contributed by atoms with Crippen LogP contribution in [0.5, 0.6) is 0 Å². The van der Waals surface area contributed by atoms with E-state index in [1.54, 1.807) is 0 Å². The summed E-state index contributed by atoms with van der Waals surface area (Å²) in [5, 5.41) is 4.05. The third-order valence-corrected chi connectivity index (χ3v) is 4.89. The van der Waals surface area contributed by atoms with Gasteiger partial charge in [0, 0.05) is 18.3 Å². The predicted molar refractivity (Wildman–Crippen MR) is 78.6 cm³/mol. The lowest BCUT2D eigenvalue weighted by Gasteiger charge is -2.29. The van der Waals surface area contributed by atoms with Gasteiger partial charge in [0.1, 0.15) is 0 Å². The normalized spacial score (nSPS) is 11.5. The molecule has 102 valence electrons. The molecule has 0 rings (SSSR count). The van der Waals surface area contributed by atoms with E-state index in [1.807, 2.05) is 0 Å². The molecule has 0 unspecified atom stereocenters. The van der Waals surface area contributed by atoms with Crippen LogP contribution in [0.3, 0.4) is 0 Å². The lowest BCUT2D eigenvalue weighted by atomic mass is 9.84. The predicted octanol–water partition coefficient (Wildman–Crippen LogP) is 4.27. The molecule has 0 aromatic rings. The first-order chi connectivity index (χ1) is 8.14. The molecular formula is C14H28BrNO. The second-order valence-electron chi connectivity index (χ2n) is 4.93. The second-order valence-corrected chi connectivity index (χ2v) is 5.49. The van der Waals surface area contributed by atoms with Crippen LogP contribution >= 0.6 is 15.9 Å². The third-order valence-electron chi connectivity index (χ3n) is 3.70. The molecule has 0 fully saturated rings. The number of carbonyl (C=O) groups excluding carboxylic acids is 1. The number of hydrogen-bond donors (Lipinski definition) is 1. The highest BCUT2D eigenvalue weighted by Gasteiger charge is 2.25. The summed E-state index contributed by atoms with van der Waals surface area (Å²) in [5.41, 5.74) is 0.235. The standard InChI is InChI=1S/C14H28BrNO/c1-4-7-8-9-10-13(17)16-12-14(5-2,6-3)11-15/h4-12H2,1-3H3,(H,16,17). The van der Waals surface area contributed by atoms with E-state index in [-0.39, 0.29) is 11.3 Å². The molecule has 0 heterocycles. The summed E-state index contributed by atoms with van der Waals surface area (Å²) in [6.45, 7) is 7.38. The van der Waals surface area contributed by atoms with Crippen LogP contribution in [0.1, 0.15) is 65.7 Å². The largest absolute Gasteiger partial charge is 0.356 e. The lowest BCUT2D eigenvalue weighted by molar-refractivity contribution is -0.121. The van der Waals surface area contributed by atoms with Crippen LogP contribution in [-0.2, 0) is 4.79 Å². The van der Waals surface area contributed by atoms with Crippen LogP contribution in [0.4, 0.5) is 0 Å². The van der Waals surface area contributed by atoms with Crippen LogP contribution in [0.2, 0.25) is 0 Å². The fraction of sp³-hybridized carbons (Fsp3) is 0.929. The smallest absolute Gasteiger partial charge is 0.220 e. The molecule has 1 amide bonds. The Morgan fingerprint density at radius 2 is 1.76 bits per heavy atom. The van der Waals surface area contributed by atoms with E-state index in [2.05, 4.69) is 42.0 Å². The summed E-state index contributed by atoms with van der Waals surface area (Å²) in [6, 6.07) is 0. The van der Waals surface area contributed by atoms with E-state index >= 15 is 0 Å². The number of carbonyl (C=O) groups is 1. The number of alkyl halides is 1. The Bertz CT molecular complexity index is 194. The molecule has 0 spiro atoms. The molecule has 0 aliphatic heterocycles. The number of rotatable bonds is 10. The zero-order valence-corrected chi connectivity index (χ0v) is 13.2. The van der Waals surface area contributed by atoms with Gasteiger partial charge in [0.2, 0.25) is 5.91 Å². The quantitative estimate of drug-likeness (QED) is 0.474. The van der Waals surface area contributed by atoms with Crippen LogP contribution in [0.25, 0.3) is 0 Å². The van der Waals surface area contributed by atoms with Gasteiger partial charge in [-0.15, -0.1) is 0 Å². The van der Waals surface area contributed by atoms with Gasteiger partial charge in [-0.3, -0.25) is 4.79 Å². The summed E-state index contributed by atoms with van der Waals surface area (Å²) >= 11 is 3.57. The maximum Gasteiger partial charge on any atom is 0.220 e. The van der Waals surface area contributed by atoms with E-state index in [0.29, 0.717) is 6.42 Å². The Balaban J connectivity index is 3.81. The van der Waals surface area contributed by atoms with Crippen LogP contribution in [0, 0.1) is 5.41 Å². The number of amides is 1. The van der Waals surface area contributed by atoms with Gasteiger partial charge in [0.05, 0.1) is 0 Å². The van der Waals surface area contributed by atoms with Crippen molar-refractivity contribution in [2.75, 3.05) is 11.9 Å². The van der Waals surface area contributed by atoms with Crippen molar-refractivity contribution in [3.8, 4) is 0 Å². The van der Waals surface area contributed by atoms with Gasteiger partial charge < -0.3 is 5.32 Å². The van der Waals surface area contributed by atoms with Gasteiger partial charge >= 0.3 is 0 Å². The van der Waals surface area contributed by atoms with Crippen molar-refractivity contribution in [2.24, 2.45) is 5.41 Å². The maximum absolute atomic E-state index is 11.7. The van der Waals surface area contributed by atoms with Crippen molar-refractivity contribution in [2.45, 2.75) is 65.7 Å². The van der Waals surface area contributed by atoms with Gasteiger partial charge in [-0.1, -0.05) is 56.0 Å². The monoisotopic (exact) mass is 305 g/mol. The van der Waals surface area contributed by atoms with Crippen molar-refractivity contribution in [1.29, 1.82) is 0 Å². The average Bonchev–Trinajstić information content (AvgIpc) is 2.37. The lowest BCUT2D eigenvalue weighted by Crippen LogP contribution is -2.38. The summed E-state index contributed by atoms with van der Waals surface area (Å²) in [5.74, 6) is 0.216. The zero-order valence-electron chi connectivity index (χ0n) is 11.7. The number of hydrogen-bond acceptors (Lipinski definition) is 1. The third kappa shape index (κ3) is 7.07. The molecule has 0 bridgehead atoms. The highest BCUT2D eigenvalue weighted by atomic mass is 79.9. The highest BCUT2D eigenvalue weighted by Crippen LogP contribution is 2.27. The molecule has 0 aromatic heterocycles. The van der Waals surface area contributed by atoms with Gasteiger partial charge in [-0.05, 0) is 24.7 Å². The van der Waals surface area contributed by atoms with Gasteiger partial charge in [-0.25, -0.2) is 0 Å². The van der Waals surface area contributed by atoms with Crippen LogP contribution in [0.15, 0.2) is 0 Å². The molecule has 0 aliphatic carbocycles. The molecule has 0 aliphatic rings. The molecular weight excluding hydrogens is 278 g/mol. The number of halogens is 1. The first-order valence-electron chi connectivity index (χ1n) is 6.96. The maximum atomic E-state index is 11.7. The van der Waals surface area contributed by atoms with Crippen molar-refractivity contribution >= 4 is 21.8 Å². The molecule has 2 nitrogen and oxygen atoms in total. The van der Waals surface area contributed by atoms with E-state index in [4.69, 9.17) is 0 Å². The number of nitrogens with one attached hydrogen (secondary N) is 1. The summed E-state index contributed by atoms with van der Waals surface area (Å²) in [7, 11) is 0. The van der Waals surface area contributed by atoms with Gasteiger partial charge in [-0.2, -0.15) is 0 Å². The number of unbranched alkanes of at least 4 members (excludes halogenated alkanes) is 3. The van der Waals surface area contributed by atoms with Gasteiger partial charge in [0.25, 0.3) is 0 Å². The minimum absolute atomic E-state index is 0.216. The molecule has 0 radical (unpaired) electrons. The van der Waals surface area contributed by atoms with E-state index in [0.717, 1.165) is 31.1 Å². The summed E-state index contributed by atoms with van der Waals surface area (Å²) < 4.78 is 0. The molecule has 0 saturated carbocycles. The average molecular weight is 306 g/mol. The molecule has 1 N–H and O–H groups in total. The fourth-order valence-electron chi connectivity index (χ4n) is 1.82. The minimum Gasteiger partial charge on any atom is -0.356 e. The Morgan fingerprint density at radius 3 is 2.24 bits per heavy atom. The first kappa shape index (κ1) is 16.9. The second kappa shape index (κ2) is 9.93. The topological polar surface area (TPSA) is 29.1 Å². The van der Waals surface area contributed by atoms with E-state index < -0.39 is 0 Å². The van der Waals surface area contributed by atoms with Crippen molar-refractivity contribution < 1.29 is 4.79 Å². The SMILES string of the molecule is CCCCCCC(=O)NCC(CC)(CC)CBr. The van der Waals surface area contributed by atoms with Crippen LogP contribution < -0.4 is 5.32 Å². The Morgan fingerprint density at radius 1 is 1.12 bits per heavy atom. The Kier molecular flexibility index (Phi) is 9.90. The Hall–Kier alpha value is -0.0500. The highest BCUT2D eigenvalue weighted by molar-refractivity contribution is 9.09. The molecule has 17 heavy (non-hydrogen) atoms. The first-order valence-corrected chi connectivity index (χ1v) is 8.09. The summed E-state index contributed by atoms with van der Waals surface area (Å²) in [6.07, 6.45) is 7.55. The van der Waals surface area contributed by atoms with Gasteiger partial charge in [0.15, 0.2) is 0 Å². The summed E-state index contributed by atoms with van der Waals surface area (Å²) in [4.78, 5) is 11.7. The van der Waals surface area contributed by atoms with E-state index in [1.165, 1.54) is 19.3 Å². The van der Waals surface area contributed by atoms with Crippen molar-refractivity contribution in [3.63, 3.8) is 0 Å². The fourth-order valence-corrected chi connectivity index (χ4v) is 2.81. The zero-order chi connectivity index (χ0) is 13.1. The Labute approximate surface area is 115 Å². The molecule has 0 aromatic carbocycles. The van der Waals surface area contributed by atoms with Crippen molar-refractivity contribution in [1.82, 2.24) is 5.32 Å².